The van der Waals surface area contributed by atoms with E-state index in [1.54, 1.807) is 17.1 Å². The molecule has 0 bridgehead atoms. The minimum absolute atomic E-state index is 0.311. The highest BCUT2D eigenvalue weighted by atomic mass is 16.6. The number of rotatable bonds is 3. The molecule has 2 N–H and O–H groups in total. The number of anilines is 1. The highest BCUT2D eigenvalue weighted by Crippen LogP contribution is 2.39. The topological polar surface area (TPSA) is 104 Å². The van der Waals surface area contributed by atoms with Crippen LogP contribution in [0.1, 0.15) is 0 Å². The molecule has 2 rings (SSSR count). The molecule has 7 heteroatoms. The monoisotopic (exact) mass is 262 g/mol. The van der Waals surface area contributed by atoms with Gasteiger partial charge in [0.1, 0.15) is 0 Å². The van der Waals surface area contributed by atoms with Crippen LogP contribution in [0.15, 0.2) is 36.1 Å². The van der Waals surface area contributed by atoms with Crippen molar-refractivity contribution in [3.05, 3.63) is 46.2 Å². The van der Waals surface area contributed by atoms with Crippen LogP contribution >= 0.6 is 0 Å². The van der Waals surface area contributed by atoms with Gasteiger partial charge in [0.05, 0.1) is 10.6 Å². The highest BCUT2D eigenvalue weighted by Gasteiger charge is 2.21. The number of phenolic OH excluding ortho intramolecular Hbond substituents is 2. The first-order valence-electron chi connectivity index (χ1n) is 5.33. The smallest absolute Gasteiger partial charge is 0.316 e. The van der Waals surface area contributed by atoms with Crippen molar-refractivity contribution in [3.8, 4) is 11.5 Å². The predicted octanol–water partition coefficient (Wildman–Crippen LogP) is 1.46. The summed E-state index contributed by atoms with van der Waals surface area (Å²) in [5.74, 6) is -1.36. The molecule has 98 valence electrons. The number of allylic oxidation sites excluding steroid dienone is 2. The molecule has 0 aromatic heterocycles. The Balaban J connectivity index is 2.47. The molecule has 7 nitrogen and oxygen atoms in total. The SMILES string of the molecule is O=CC1=CN(c2cc(O)c(O)c([N+](=O)[O-])c2)CC=C1. The van der Waals surface area contributed by atoms with E-state index in [1.165, 1.54) is 12.3 Å². The number of benzene rings is 1. The third kappa shape index (κ3) is 2.39. The summed E-state index contributed by atoms with van der Waals surface area (Å²) in [6.45, 7) is 0.401. The van der Waals surface area contributed by atoms with Gasteiger partial charge in [-0.05, 0) is 0 Å². The molecule has 1 heterocycles. The normalized spacial score (nSPS) is 14.1. The number of nitro benzene ring substituents is 1. The van der Waals surface area contributed by atoms with Gasteiger partial charge in [-0.3, -0.25) is 14.9 Å². The maximum Gasteiger partial charge on any atom is 0.316 e. The molecule has 0 radical (unpaired) electrons. The molecule has 1 aromatic rings. The Morgan fingerprint density at radius 1 is 1.37 bits per heavy atom. The second-order valence-corrected chi connectivity index (χ2v) is 3.89. The number of carbonyl (C=O) groups excluding carboxylic acids is 1. The molecule has 0 fully saturated rings. The lowest BCUT2D eigenvalue weighted by molar-refractivity contribution is -0.385. The molecule has 1 aliphatic heterocycles. The van der Waals surface area contributed by atoms with Crippen LogP contribution < -0.4 is 4.90 Å². The predicted molar refractivity (Wildman–Crippen MR) is 67.1 cm³/mol. The number of aromatic hydroxyl groups is 2. The van der Waals surface area contributed by atoms with Gasteiger partial charge in [0.15, 0.2) is 12.0 Å². The van der Waals surface area contributed by atoms with Gasteiger partial charge in [-0.15, -0.1) is 0 Å². The molecular formula is C12H10N2O5. The largest absolute Gasteiger partial charge is 0.504 e. The first kappa shape index (κ1) is 12.6. The van der Waals surface area contributed by atoms with Crippen molar-refractivity contribution in [1.82, 2.24) is 0 Å². The molecule has 19 heavy (non-hydrogen) atoms. The van der Waals surface area contributed by atoms with Crippen molar-refractivity contribution in [1.29, 1.82) is 0 Å². The summed E-state index contributed by atoms with van der Waals surface area (Å²) in [5.41, 5.74) is 0.123. The van der Waals surface area contributed by atoms with Crippen LogP contribution in [0.25, 0.3) is 0 Å². The van der Waals surface area contributed by atoms with Crippen LogP contribution in [0.3, 0.4) is 0 Å². The van der Waals surface area contributed by atoms with E-state index < -0.39 is 22.1 Å². The van der Waals surface area contributed by atoms with Crippen molar-refractivity contribution in [2.24, 2.45) is 0 Å². The van der Waals surface area contributed by atoms with E-state index in [4.69, 9.17) is 0 Å². The van der Waals surface area contributed by atoms with Crippen molar-refractivity contribution in [3.63, 3.8) is 0 Å². The lowest BCUT2D eigenvalue weighted by Crippen LogP contribution is -2.19. The number of nitro groups is 1. The second kappa shape index (κ2) is 4.81. The number of aldehydes is 1. The summed E-state index contributed by atoms with van der Waals surface area (Å²) in [5, 5.41) is 29.6. The van der Waals surface area contributed by atoms with Crippen LogP contribution in [0, 0.1) is 10.1 Å². The Labute approximate surface area is 107 Å². The van der Waals surface area contributed by atoms with Crippen molar-refractivity contribution in [2.75, 3.05) is 11.4 Å². The molecule has 0 atom stereocenters. The quantitative estimate of drug-likeness (QED) is 0.370. The minimum Gasteiger partial charge on any atom is -0.504 e. The number of hydrogen-bond acceptors (Lipinski definition) is 6. The Kier molecular flexibility index (Phi) is 3.19. The summed E-state index contributed by atoms with van der Waals surface area (Å²) < 4.78 is 0. The summed E-state index contributed by atoms with van der Waals surface area (Å²) >= 11 is 0. The zero-order valence-corrected chi connectivity index (χ0v) is 9.68. The van der Waals surface area contributed by atoms with E-state index in [0.29, 0.717) is 24.1 Å². The van der Waals surface area contributed by atoms with E-state index >= 15 is 0 Å². The number of phenols is 2. The molecule has 0 aliphatic carbocycles. The maximum absolute atomic E-state index is 10.8. The average Bonchev–Trinajstić information content (AvgIpc) is 2.41. The van der Waals surface area contributed by atoms with Gasteiger partial charge in [0.25, 0.3) is 0 Å². The highest BCUT2D eigenvalue weighted by molar-refractivity contribution is 5.80. The number of carbonyl (C=O) groups is 1. The fourth-order valence-corrected chi connectivity index (χ4v) is 1.72. The lowest BCUT2D eigenvalue weighted by atomic mass is 10.1. The van der Waals surface area contributed by atoms with Gasteiger partial charge >= 0.3 is 5.69 Å². The summed E-state index contributed by atoms with van der Waals surface area (Å²) in [4.78, 5) is 22.2. The zero-order chi connectivity index (χ0) is 14.0. The Hall–Kier alpha value is -2.83. The van der Waals surface area contributed by atoms with Gasteiger partial charge in [-0.2, -0.15) is 0 Å². The first-order chi connectivity index (χ1) is 9.02. The minimum atomic E-state index is -0.789. The molecule has 0 saturated carbocycles. The number of hydrogen-bond donors (Lipinski definition) is 2. The fourth-order valence-electron chi connectivity index (χ4n) is 1.72. The van der Waals surface area contributed by atoms with E-state index in [-0.39, 0.29) is 0 Å². The Bertz CT molecular complexity index is 606. The second-order valence-electron chi connectivity index (χ2n) is 3.89. The third-order valence-electron chi connectivity index (χ3n) is 2.64. The molecule has 0 spiro atoms. The van der Waals surface area contributed by atoms with Crippen LogP contribution in [0.5, 0.6) is 11.5 Å². The van der Waals surface area contributed by atoms with Crippen LogP contribution in [0.4, 0.5) is 11.4 Å². The Morgan fingerprint density at radius 3 is 2.74 bits per heavy atom. The average molecular weight is 262 g/mol. The van der Waals surface area contributed by atoms with Gasteiger partial charge in [-0.25, -0.2) is 0 Å². The standard InChI is InChI=1S/C12H10N2O5/c15-7-8-2-1-3-13(6-8)9-4-10(14(18)19)12(17)11(16)5-9/h1-2,4-7,16-17H,3H2. The molecule has 0 saturated heterocycles. The molecule has 1 aliphatic rings. The van der Waals surface area contributed by atoms with E-state index in [1.807, 2.05) is 0 Å². The Morgan fingerprint density at radius 2 is 2.11 bits per heavy atom. The van der Waals surface area contributed by atoms with Gasteiger partial charge in [-0.1, -0.05) is 12.2 Å². The van der Waals surface area contributed by atoms with Gasteiger partial charge < -0.3 is 15.1 Å². The van der Waals surface area contributed by atoms with E-state index in [9.17, 15) is 25.1 Å². The van der Waals surface area contributed by atoms with E-state index in [0.717, 1.165) is 6.07 Å². The van der Waals surface area contributed by atoms with E-state index in [2.05, 4.69) is 0 Å². The molecule has 1 aromatic carbocycles. The summed E-state index contributed by atoms with van der Waals surface area (Å²) in [6, 6.07) is 2.33. The van der Waals surface area contributed by atoms with Crippen molar-refractivity contribution in [2.45, 2.75) is 0 Å². The fraction of sp³-hybridized carbons (Fsp3) is 0.0833. The van der Waals surface area contributed by atoms with Gasteiger partial charge in [0.2, 0.25) is 5.75 Å². The van der Waals surface area contributed by atoms with Crippen LogP contribution in [0.2, 0.25) is 0 Å². The molecule has 0 amide bonds. The van der Waals surface area contributed by atoms with Crippen molar-refractivity contribution >= 4 is 17.7 Å². The maximum atomic E-state index is 10.8. The molecule has 0 unspecified atom stereocenters. The zero-order valence-electron chi connectivity index (χ0n) is 9.68. The lowest BCUT2D eigenvalue weighted by Gasteiger charge is -2.22. The molecular weight excluding hydrogens is 252 g/mol. The van der Waals surface area contributed by atoms with Crippen molar-refractivity contribution < 1.29 is 19.9 Å². The van der Waals surface area contributed by atoms with Crippen LogP contribution in [-0.4, -0.2) is 28.0 Å². The summed E-state index contributed by atoms with van der Waals surface area (Å²) in [7, 11) is 0. The van der Waals surface area contributed by atoms with Crippen LogP contribution in [-0.2, 0) is 4.79 Å². The van der Waals surface area contributed by atoms with Gasteiger partial charge in [0, 0.05) is 30.5 Å². The summed E-state index contributed by atoms with van der Waals surface area (Å²) in [6.07, 6.45) is 5.48. The number of nitrogens with zero attached hydrogens (tertiary/aromatic N) is 2. The first-order valence-corrected chi connectivity index (χ1v) is 5.33. The third-order valence-corrected chi connectivity index (χ3v) is 2.64.